The second-order valence-corrected chi connectivity index (χ2v) is 8.44. The Morgan fingerprint density at radius 1 is 0.946 bits per heavy atom. The van der Waals surface area contributed by atoms with Crippen LogP contribution in [0.1, 0.15) is 18.3 Å². The van der Waals surface area contributed by atoms with E-state index in [1.807, 2.05) is 48.7 Å². The topological polar surface area (TPSA) is 176 Å². The number of aliphatic carboxylic acids is 1. The Bertz CT molecular complexity index is 1890. The lowest BCUT2D eigenvalue weighted by Gasteiger charge is -2.06. The number of fused-ring (bicyclic) bond motifs is 3. The molecule has 0 aliphatic carbocycles. The summed E-state index contributed by atoms with van der Waals surface area (Å²) < 4.78 is 2.06. The monoisotopic (exact) mass is 497 g/mol. The molecule has 186 valence electrons. The van der Waals surface area contributed by atoms with Crippen molar-refractivity contribution in [1.82, 2.24) is 29.5 Å². The molecule has 6 aromatic rings. The smallest absolute Gasteiger partial charge is 0.323 e. The quantitative estimate of drug-likeness (QED) is 0.249. The lowest BCUT2D eigenvalue weighted by Crippen LogP contribution is -2.11. The van der Waals surface area contributed by atoms with Gasteiger partial charge in [-0.2, -0.15) is 0 Å². The Morgan fingerprint density at radius 3 is 2.41 bits per heavy atom. The van der Waals surface area contributed by atoms with E-state index >= 15 is 0 Å². The average Bonchev–Trinajstić information content (AvgIpc) is 3.41. The van der Waals surface area contributed by atoms with E-state index in [2.05, 4.69) is 29.5 Å². The summed E-state index contributed by atoms with van der Waals surface area (Å²) in [5.41, 5.74) is 11.2. The van der Waals surface area contributed by atoms with E-state index in [1.165, 1.54) is 0 Å². The number of hydrogen-bond acceptors (Lipinski definition) is 6. The average molecular weight is 498 g/mol. The molecule has 0 spiro atoms. The molecule has 2 aromatic carbocycles. The molecule has 0 unspecified atom stereocenters. The van der Waals surface area contributed by atoms with Gasteiger partial charge in [-0.25, -0.2) is 9.78 Å². The van der Waals surface area contributed by atoms with Gasteiger partial charge in [0.25, 0.3) is 11.5 Å². The van der Waals surface area contributed by atoms with Gasteiger partial charge in [0.1, 0.15) is 5.69 Å². The molecule has 6 rings (SSSR count). The number of nitrogens with two attached hydrogens (primary N) is 1. The lowest BCUT2D eigenvalue weighted by molar-refractivity contribution is -0.134. The molecular formula is C26H23N7O4. The number of H-pyrrole nitrogens is 3. The normalized spacial score (nSPS) is 11.1. The number of carboxylic acid groups (broad SMARTS) is 1. The molecule has 0 saturated carbocycles. The van der Waals surface area contributed by atoms with Crippen LogP contribution in [0.2, 0.25) is 0 Å². The highest BCUT2D eigenvalue weighted by molar-refractivity contribution is 5.97. The Labute approximate surface area is 208 Å². The van der Waals surface area contributed by atoms with Crippen molar-refractivity contribution in [3.05, 3.63) is 93.0 Å². The molecule has 0 aliphatic rings. The second kappa shape index (κ2) is 9.55. The SMILES string of the molecule is CC(=O)O.NCc1cccc(Cn2cc(-c3nc4cc5[nH]c(=O)[nH]c5cc4[nH]c3=O)c3ccccc32)n1. The van der Waals surface area contributed by atoms with E-state index < -0.39 is 5.97 Å². The molecule has 6 N–H and O–H groups in total. The molecule has 4 aromatic heterocycles. The number of carbonyl (C=O) groups is 1. The number of pyridine rings is 1. The third-order valence-electron chi connectivity index (χ3n) is 5.78. The summed E-state index contributed by atoms with van der Waals surface area (Å²) in [6, 6.07) is 17.1. The van der Waals surface area contributed by atoms with Crippen molar-refractivity contribution < 1.29 is 9.90 Å². The molecule has 0 atom stereocenters. The van der Waals surface area contributed by atoms with Crippen molar-refractivity contribution in [2.45, 2.75) is 20.0 Å². The molecule has 0 aliphatic heterocycles. The summed E-state index contributed by atoms with van der Waals surface area (Å²) >= 11 is 0. The predicted octanol–water partition coefficient (Wildman–Crippen LogP) is 2.71. The standard InChI is InChI=1S/C24H19N7O2.C2H4O2/c25-10-13-4-3-5-14(26-13)11-31-12-16(15-6-1-2-7-21(15)31)22-23(32)28-18-9-20-19(8-17(18)27-22)29-24(33)30-20;1-2(3)4/h1-9,12H,10-11,25H2,(H,28,32)(H2,29,30,33);1H3,(H,3,4). The van der Waals surface area contributed by atoms with E-state index in [4.69, 9.17) is 15.6 Å². The number of aromatic amines is 3. The van der Waals surface area contributed by atoms with E-state index in [0.717, 1.165) is 34.8 Å². The number of hydrogen-bond donors (Lipinski definition) is 5. The van der Waals surface area contributed by atoms with Crippen molar-refractivity contribution in [3.8, 4) is 11.3 Å². The minimum Gasteiger partial charge on any atom is -0.481 e. The molecule has 0 fully saturated rings. The molecule has 11 heteroatoms. The van der Waals surface area contributed by atoms with Gasteiger partial charge in [0.05, 0.1) is 40.0 Å². The lowest BCUT2D eigenvalue weighted by atomic mass is 10.1. The fourth-order valence-corrected chi connectivity index (χ4v) is 4.27. The summed E-state index contributed by atoms with van der Waals surface area (Å²) in [4.78, 5) is 51.3. The zero-order valence-corrected chi connectivity index (χ0v) is 19.8. The van der Waals surface area contributed by atoms with Crippen LogP contribution in [0, 0.1) is 0 Å². The highest BCUT2D eigenvalue weighted by Gasteiger charge is 2.16. The molecule has 4 heterocycles. The number of benzene rings is 2. The first-order chi connectivity index (χ1) is 17.8. The first-order valence-corrected chi connectivity index (χ1v) is 11.4. The third-order valence-corrected chi connectivity index (χ3v) is 5.78. The van der Waals surface area contributed by atoms with Gasteiger partial charge in [0.2, 0.25) is 0 Å². The summed E-state index contributed by atoms with van der Waals surface area (Å²) in [5, 5.41) is 8.33. The first-order valence-electron chi connectivity index (χ1n) is 11.4. The number of nitrogens with one attached hydrogen (secondary N) is 3. The zero-order chi connectivity index (χ0) is 26.1. The van der Waals surface area contributed by atoms with E-state index in [0.29, 0.717) is 40.9 Å². The van der Waals surface area contributed by atoms with Crippen molar-refractivity contribution in [2.24, 2.45) is 5.73 Å². The summed E-state index contributed by atoms with van der Waals surface area (Å²) in [6.45, 7) is 1.99. The van der Waals surface area contributed by atoms with Crippen LogP contribution < -0.4 is 17.0 Å². The number of imidazole rings is 1. The van der Waals surface area contributed by atoms with Crippen LogP contribution in [0.25, 0.3) is 44.2 Å². The van der Waals surface area contributed by atoms with Gasteiger partial charge in [0, 0.05) is 36.1 Å². The molecule has 37 heavy (non-hydrogen) atoms. The van der Waals surface area contributed by atoms with Gasteiger partial charge in [-0.1, -0.05) is 24.3 Å². The van der Waals surface area contributed by atoms with Crippen molar-refractivity contribution >= 4 is 38.9 Å². The maximum Gasteiger partial charge on any atom is 0.323 e. The summed E-state index contributed by atoms with van der Waals surface area (Å²) in [7, 11) is 0. The van der Waals surface area contributed by atoms with Gasteiger partial charge in [-0.15, -0.1) is 0 Å². The summed E-state index contributed by atoms with van der Waals surface area (Å²) in [5.74, 6) is -0.833. The van der Waals surface area contributed by atoms with Crippen LogP contribution >= 0.6 is 0 Å². The molecular weight excluding hydrogens is 474 g/mol. The van der Waals surface area contributed by atoms with Crippen LogP contribution in [0.15, 0.2) is 70.4 Å². The maximum absolute atomic E-state index is 13.0. The summed E-state index contributed by atoms with van der Waals surface area (Å²) in [6.07, 6.45) is 1.93. The fourth-order valence-electron chi connectivity index (χ4n) is 4.27. The number of nitrogens with zero attached hydrogens (tertiary/aromatic N) is 3. The van der Waals surface area contributed by atoms with Gasteiger partial charge in [0.15, 0.2) is 0 Å². The van der Waals surface area contributed by atoms with Crippen LogP contribution in [-0.4, -0.2) is 40.6 Å². The first kappa shape index (κ1) is 23.7. The van der Waals surface area contributed by atoms with Crippen molar-refractivity contribution in [1.29, 1.82) is 0 Å². The fraction of sp³-hybridized carbons (Fsp3) is 0.115. The van der Waals surface area contributed by atoms with Gasteiger partial charge in [-0.3, -0.25) is 14.6 Å². The van der Waals surface area contributed by atoms with Crippen molar-refractivity contribution in [3.63, 3.8) is 0 Å². The molecule has 11 nitrogen and oxygen atoms in total. The molecule has 0 saturated heterocycles. The largest absolute Gasteiger partial charge is 0.481 e. The Hall–Kier alpha value is -5.03. The number of rotatable bonds is 4. The minimum absolute atomic E-state index is 0.300. The van der Waals surface area contributed by atoms with Crippen LogP contribution in [-0.2, 0) is 17.9 Å². The van der Waals surface area contributed by atoms with Gasteiger partial charge in [-0.05, 0) is 30.3 Å². The van der Waals surface area contributed by atoms with E-state index in [1.54, 1.807) is 12.1 Å². The predicted molar refractivity (Wildman–Crippen MR) is 140 cm³/mol. The minimum atomic E-state index is -0.833. The zero-order valence-electron chi connectivity index (χ0n) is 19.8. The molecule has 0 amide bonds. The molecule has 0 bridgehead atoms. The number of carboxylic acids is 1. The number of para-hydroxylation sites is 1. The third kappa shape index (κ3) is 4.75. The van der Waals surface area contributed by atoms with E-state index in [-0.39, 0.29) is 11.2 Å². The second-order valence-electron chi connectivity index (χ2n) is 8.44. The van der Waals surface area contributed by atoms with E-state index in [9.17, 15) is 9.59 Å². The van der Waals surface area contributed by atoms with Gasteiger partial charge < -0.3 is 30.4 Å². The highest BCUT2D eigenvalue weighted by Crippen LogP contribution is 2.29. The Balaban J connectivity index is 0.000000655. The van der Waals surface area contributed by atoms with Gasteiger partial charge >= 0.3 is 5.69 Å². The Kier molecular flexibility index (Phi) is 6.12. The maximum atomic E-state index is 13.0. The van der Waals surface area contributed by atoms with Crippen molar-refractivity contribution in [2.75, 3.05) is 0 Å². The highest BCUT2D eigenvalue weighted by atomic mass is 16.4. The molecule has 0 radical (unpaired) electrons. The van der Waals surface area contributed by atoms with Crippen LogP contribution in [0.5, 0.6) is 0 Å². The van der Waals surface area contributed by atoms with Crippen LogP contribution in [0.4, 0.5) is 0 Å². The Morgan fingerprint density at radius 2 is 1.65 bits per heavy atom. The van der Waals surface area contributed by atoms with Crippen LogP contribution in [0.3, 0.4) is 0 Å². The number of aromatic nitrogens is 6.